The van der Waals surface area contributed by atoms with E-state index >= 15 is 0 Å². The van der Waals surface area contributed by atoms with Gasteiger partial charge in [0.15, 0.2) is 6.61 Å². The number of anilines is 1. The fourth-order valence-corrected chi connectivity index (χ4v) is 3.26. The van der Waals surface area contributed by atoms with Crippen LogP contribution in [0.3, 0.4) is 0 Å². The van der Waals surface area contributed by atoms with Crippen molar-refractivity contribution in [3.8, 4) is 0 Å². The number of carbonyl (C=O) groups is 2. The van der Waals surface area contributed by atoms with E-state index in [9.17, 15) is 9.59 Å². The van der Waals surface area contributed by atoms with Crippen LogP contribution in [0.15, 0.2) is 22.7 Å². The van der Waals surface area contributed by atoms with Crippen LogP contribution in [0, 0.1) is 0 Å². The summed E-state index contributed by atoms with van der Waals surface area (Å²) in [6.45, 7) is 3.81. The van der Waals surface area contributed by atoms with Crippen LogP contribution in [-0.2, 0) is 9.53 Å². The summed E-state index contributed by atoms with van der Waals surface area (Å²) < 4.78 is 5.88. The van der Waals surface area contributed by atoms with Gasteiger partial charge in [0.05, 0.1) is 5.56 Å². The topological polar surface area (TPSA) is 72.6 Å². The Morgan fingerprint density at radius 2 is 1.95 bits per heavy atom. The van der Waals surface area contributed by atoms with E-state index in [1.54, 1.807) is 18.2 Å². The Kier molecular flexibility index (Phi) is 5.45. The predicted octanol–water partition coefficient (Wildman–Crippen LogP) is 2.98. The van der Waals surface area contributed by atoms with E-state index in [1.807, 2.05) is 18.7 Å². The monoisotopic (exact) mass is 368 g/mol. The van der Waals surface area contributed by atoms with Crippen LogP contribution >= 0.6 is 15.9 Å². The van der Waals surface area contributed by atoms with Gasteiger partial charge in [0, 0.05) is 22.2 Å². The van der Waals surface area contributed by atoms with Crippen molar-refractivity contribution in [1.29, 1.82) is 0 Å². The third-order valence-electron chi connectivity index (χ3n) is 4.04. The van der Waals surface area contributed by atoms with E-state index in [0.29, 0.717) is 5.69 Å². The number of nitrogen functional groups attached to an aromatic ring is 1. The van der Waals surface area contributed by atoms with E-state index in [0.717, 1.165) is 23.7 Å². The van der Waals surface area contributed by atoms with Gasteiger partial charge in [-0.2, -0.15) is 0 Å². The Labute approximate surface area is 138 Å². The molecule has 6 heteroatoms. The molecule has 2 atom stereocenters. The van der Waals surface area contributed by atoms with Crippen LogP contribution in [0.4, 0.5) is 5.69 Å². The number of piperidine rings is 1. The highest BCUT2D eigenvalue weighted by molar-refractivity contribution is 9.10. The van der Waals surface area contributed by atoms with Crippen LogP contribution in [0.5, 0.6) is 0 Å². The molecule has 0 aliphatic carbocycles. The summed E-state index contributed by atoms with van der Waals surface area (Å²) >= 11 is 3.28. The molecule has 2 rings (SSSR count). The fourth-order valence-electron chi connectivity index (χ4n) is 2.90. The molecule has 1 fully saturated rings. The lowest BCUT2D eigenvalue weighted by Crippen LogP contribution is -2.49. The maximum Gasteiger partial charge on any atom is 0.340 e. The van der Waals surface area contributed by atoms with Crippen molar-refractivity contribution in [2.24, 2.45) is 0 Å². The molecule has 120 valence electrons. The number of likely N-dealkylation sites (tertiary alicyclic amines) is 1. The number of ether oxygens (including phenoxy) is 1. The third-order valence-corrected chi connectivity index (χ3v) is 4.54. The van der Waals surface area contributed by atoms with Gasteiger partial charge in [-0.15, -0.1) is 0 Å². The minimum Gasteiger partial charge on any atom is -0.452 e. The lowest BCUT2D eigenvalue weighted by atomic mass is 9.97. The highest BCUT2D eigenvalue weighted by Gasteiger charge is 2.29. The van der Waals surface area contributed by atoms with Gasteiger partial charge in [-0.25, -0.2) is 4.79 Å². The summed E-state index contributed by atoms with van der Waals surface area (Å²) in [6.07, 6.45) is 3.10. The first-order valence-electron chi connectivity index (χ1n) is 7.43. The van der Waals surface area contributed by atoms with Gasteiger partial charge in [-0.3, -0.25) is 4.79 Å². The van der Waals surface area contributed by atoms with Crippen molar-refractivity contribution in [1.82, 2.24) is 4.90 Å². The Balaban J connectivity index is 1.98. The second kappa shape index (κ2) is 7.13. The molecule has 1 amide bonds. The molecule has 1 aromatic rings. The van der Waals surface area contributed by atoms with Gasteiger partial charge in [-0.1, -0.05) is 15.9 Å². The number of rotatable bonds is 3. The third kappa shape index (κ3) is 3.80. The molecule has 0 aromatic heterocycles. The maximum absolute atomic E-state index is 12.3. The first kappa shape index (κ1) is 16.8. The summed E-state index contributed by atoms with van der Waals surface area (Å²) in [5.41, 5.74) is 6.37. The van der Waals surface area contributed by atoms with Crippen molar-refractivity contribution in [3.05, 3.63) is 28.2 Å². The minimum atomic E-state index is -0.579. The van der Waals surface area contributed by atoms with Crippen molar-refractivity contribution < 1.29 is 14.3 Å². The van der Waals surface area contributed by atoms with E-state index in [-0.39, 0.29) is 30.2 Å². The number of halogens is 1. The summed E-state index contributed by atoms with van der Waals surface area (Å²) in [5.74, 6) is -0.730. The van der Waals surface area contributed by atoms with Gasteiger partial charge in [0.2, 0.25) is 0 Å². The molecule has 0 bridgehead atoms. The highest BCUT2D eigenvalue weighted by Crippen LogP contribution is 2.23. The number of hydrogen-bond donors (Lipinski definition) is 1. The summed E-state index contributed by atoms with van der Waals surface area (Å²) in [5, 5.41) is 0. The first-order valence-corrected chi connectivity index (χ1v) is 8.22. The van der Waals surface area contributed by atoms with Crippen LogP contribution in [0.2, 0.25) is 0 Å². The summed E-state index contributed by atoms with van der Waals surface area (Å²) in [4.78, 5) is 26.2. The van der Waals surface area contributed by atoms with Crippen molar-refractivity contribution >= 4 is 33.5 Å². The Bertz CT molecular complexity index is 567. The van der Waals surface area contributed by atoms with Gasteiger partial charge >= 0.3 is 5.97 Å². The summed E-state index contributed by atoms with van der Waals surface area (Å²) in [7, 11) is 0. The smallest absolute Gasteiger partial charge is 0.340 e. The molecule has 5 nitrogen and oxygen atoms in total. The Morgan fingerprint density at radius 3 is 2.59 bits per heavy atom. The number of carbonyl (C=O) groups excluding carboxylic acids is 2. The lowest BCUT2D eigenvalue weighted by Gasteiger charge is -2.38. The SMILES string of the molecule is CC1CCCC(C)N1C(=O)COC(=O)c1cc(Br)ccc1N. The van der Waals surface area contributed by atoms with Gasteiger partial charge in [-0.05, 0) is 51.3 Å². The maximum atomic E-state index is 12.3. The molecule has 1 aliphatic rings. The van der Waals surface area contributed by atoms with E-state index in [4.69, 9.17) is 10.5 Å². The molecule has 0 spiro atoms. The Hall–Kier alpha value is -1.56. The molecule has 1 heterocycles. The molecule has 22 heavy (non-hydrogen) atoms. The molecular weight excluding hydrogens is 348 g/mol. The standard InChI is InChI=1S/C16H21BrN2O3/c1-10-4-3-5-11(2)19(10)15(20)9-22-16(21)13-8-12(17)6-7-14(13)18/h6-8,10-11H,3-5,9,18H2,1-2H3. The number of benzene rings is 1. The molecule has 2 N–H and O–H groups in total. The zero-order chi connectivity index (χ0) is 16.3. The largest absolute Gasteiger partial charge is 0.452 e. The molecular formula is C16H21BrN2O3. The Morgan fingerprint density at radius 1 is 1.32 bits per heavy atom. The van der Waals surface area contributed by atoms with Crippen LogP contribution in [0.1, 0.15) is 43.5 Å². The van der Waals surface area contributed by atoms with Crippen molar-refractivity contribution in [3.63, 3.8) is 0 Å². The van der Waals surface area contributed by atoms with Gasteiger partial charge < -0.3 is 15.4 Å². The highest BCUT2D eigenvalue weighted by atomic mass is 79.9. The second-order valence-corrected chi connectivity index (χ2v) is 6.65. The second-order valence-electron chi connectivity index (χ2n) is 5.74. The predicted molar refractivity (Wildman–Crippen MR) is 88.5 cm³/mol. The van der Waals surface area contributed by atoms with Gasteiger partial charge in [0.1, 0.15) is 0 Å². The van der Waals surface area contributed by atoms with E-state index in [2.05, 4.69) is 15.9 Å². The van der Waals surface area contributed by atoms with E-state index in [1.165, 1.54) is 0 Å². The van der Waals surface area contributed by atoms with Crippen LogP contribution < -0.4 is 5.73 Å². The molecule has 2 unspecified atom stereocenters. The quantitative estimate of drug-likeness (QED) is 0.657. The average molecular weight is 369 g/mol. The molecule has 0 radical (unpaired) electrons. The number of amides is 1. The van der Waals surface area contributed by atoms with Gasteiger partial charge in [0.25, 0.3) is 5.91 Å². The summed E-state index contributed by atoms with van der Waals surface area (Å²) in [6, 6.07) is 5.33. The number of hydrogen-bond acceptors (Lipinski definition) is 4. The van der Waals surface area contributed by atoms with Crippen LogP contribution in [0.25, 0.3) is 0 Å². The zero-order valence-electron chi connectivity index (χ0n) is 12.8. The number of nitrogens with zero attached hydrogens (tertiary/aromatic N) is 1. The lowest BCUT2D eigenvalue weighted by molar-refractivity contribution is -0.140. The fraction of sp³-hybridized carbons (Fsp3) is 0.500. The zero-order valence-corrected chi connectivity index (χ0v) is 14.4. The average Bonchev–Trinajstić information content (AvgIpc) is 2.47. The van der Waals surface area contributed by atoms with Crippen LogP contribution in [-0.4, -0.2) is 35.5 Å². The number of nitrogens with two attached hydrogens (primary N) is 1. The molecule has 0 saturated carbocycles. The molecule has 1 aromatic carbocycles. The number of esters is 1. The normalized spacial score (nSPS) is 21.5. The molecule has 1 saturated heterocycles. The molecule has 1 aliphatic heterocycles. The van der Waals surface area contributed by atoms with Crippen molar-refractivity contribution in [2.75, 3.05) is 12.3 Å². The van der Waals surface area contributed by atoms with Crippen molar-refractivity contribution in [2.45, 2.75) is 45.2 Å². The van der Waals surface area contributed by atoms with E-state index < -0.39 is 5.97 Å². The minimum absolute atomic E-state index is 0.151. The first-order chi connectivity index (χ1) is 10.4.